The molecule has 1 heterocycles. The Hall–Kier alpha value is -1.94. The van der Waals surface area contributed by atoms with Crippen LogP contribution in [0.15, 0.2) is 30.3 Å². The molecule has 1 atom stereocenters. The maximum Gasteiger partial charge on any atom is 0.323 e. The summed E-state index contributed by atoms with van der Waals surface area (Å²) in [6.07, 6.45) is 0. The third kappa shape index (κ3) is 3.79. The normalized spacial score (nSPS) is 12.6. The second-order valence-electron chi connectivity index (χ2n) is 5.61. The van der Waals surface area contributed by atoms with Crippen molar-refractivity contribution >= 4 is 16.9 Å². The fourth-order valence-corrected chi connectivity index (χ4v) is 2.33. The molecule has 1 N–H and O–H groups in total. The number of aromatic nitrogens is 1. The number of pyridine rings is 1. The van der Waals surface area contributed by atoms with Gasteiger partial charge in [0.05, 0.1) is 12.6 Å². The van der Waals surface area contributed by atoms with Gasteiger partial charge in [-0.3, -0.25) is 9.78 Å². The summed E-state index contributed by atoms with van der Waals surface area (Å²) in [7, 11) is 1.42. The maximum atomic E-state index is 11.7. The van der Waals surface area contributed by atoms with Gasteiger partial charge in [-0.25, -0.2) is 0 Å². The van der Waals surface area contributed by atoms with Crippen molar-refractivity contribution in [3.63, 3.8) is 0 Å². The number of fused-ring (bicyclic) bond motifs is 1. The third-order valence-electron chi connectivity index (χ3n) is 3.54. The van der Waals surface area contributed by atoms with E-state index < -0.39 is 0 Å². The molecule has 2 rings (SSSR count). The highest BCUT2D eigenvalue weighted by Gasteiger charge is 2.21. The van der Waals surface area contributed by atoms with Crippen molar-refractivity contribution in [2.24, 2.45) is 5.92 Å². The predicted octanol–water partition coefficient (Wildman–Crippen LogP) is 2.83. The molecule has 0 amide bonds. The van der Waals surface area contributed by atoms with E-state index in [1.54, 1.807) is 0 Å². The minimum atomic E-state index is -0.290. The Balaban J connectivity index is 2.12. The highest BCUT2D eigenvalue weighted by Crippen LogP contribution is 2.15. The number of nitrogens with zero attached hydrogens (tertiary/aromatic N) is 1. The van der Waals surface area contributed by atoms with Crippen LogP contribution in [0.3, 0.4) is 0 Å². The predicted molar refractivity (Wildman–Crippen MR) is 84.0 cm³/mol. The van der Waals surface area contributed by atoms with Crippen LogP contribution >= 0.6 is 0 Å². The second-order valence-corrected chi connectivity index (χ2v) is 5.61. The summed E-state index contributed by atoms with van der Waals surface area (Å²) in [4.78, 5) is 16.2. The molecule has 0 bridgehead atoms. The molecule has 0 spiro atoms. The number of carbonyl (C=O) groups excluding carboxylic acids is 1. The smallest absolute Gasteiger partial charge is 0.323 e. The number of ether oxygens (including phenoxy) is 1. The van der Waals surface area contributed by atoms with Gasteiger partial charge in [-0.1, -0.05) is 26.0 Å². The molecule has 0 radical (unpaired) electrons. The summed E-state index contributed by atoms with van der Waals surface area (Å²) >= 11 is 0. The second kappa shape index (κ2) is 6.68. The molecule has 0 aliphatic heterocycles. The monoisotopic (exact) mass is 286 g/mol. The van der Waals surface area contributed by atoms with E-state index in [0.717, 1.165) is 22.2 Å². The number of methoxy groups -OCH3 is 1. The average Bonchev–Trinajstić information content (AvgIpc) is 2.46. The molecule has 2 aromatic rings. The zero-order chi connectivity index (χ0) is 15.4. The highest BCUT2D eigenvalue weighted by atomic mass is 16.5. The van der Waals surface area contributed by atoms with E-state index >= 15 is 0 Å². The van der Waals surface area contributed by atoms with Gasteiger partial charge in [0.1, 0.15) is 6.04 Å². The van der Waals surface area contributed by atoms with Crippen molar-refractivity contribution in [1.29, 1.82) is 0 Å². The molecular weight excluding hydrogens is 264 g/mol. The molecule has 0 aliphatic carbocycles. The SMILES string of the molecule is COC(=O)C(NCc1ccc2nc(C)ccc2c1)C(C)C. The lowest BCUT2D eigenvalue weighted by Crippen LogP contribution is -2.41. The molecule has 21 heavy (non-hydrogen) atoms. The minimum absolute atomic E-state index is 0.183. The Morgan fingerprint density at radius 2 is 2.05 bits per heavy atom. The standard InChI is InChI=1S/C17H22N2O2/c1-11(2)16(17(20)21-4)18-10-13-6-8-15-14(9-13)7-5-12(3)19-15/h5-9,11,16,18H,10H2,1-4H3. The number of nitrogens with one attached hydrogen (secondary N) is 1. The van der Waals surface area contributed by atoms with Gasteiger partial charge in [0, 0.05) is 17.6 Å². The van der Waals surface area contributed by atoms with E-state index in [-0.39, 0.29) is 17.9 Å². The van der Waals surface area contributed by atoms with Gasteiger partial charge in [0.2, 0.25) is 0 Å². The molecule has 1 aromatic heterocycles. The Labute approximate surface area is 125 Å². The molecule has 1 unspecified atom stereocenters. The summed E-state index contributed by atoms with van der Waals surface area (Å²) in [5.41, 5.74) is 3.13. The average molecular weight is 286 g/mol. The van der Waals surface area contributed by atoms with E-state index in [2.05, 4.69) is 22.4 Å². The van der Waals surface area contributed by atoms with Gasteiger partial charge in [-0.05, 0) is 36.6 Å². The number of carbonyl (C=O) groups is 1. The summed E-state index contributed by atoms with van der Waals surface area (Å²) < 4.78 is 4.83. The summed E-state index contributed by atoms with van der Waals surface area (Å²) in [5.74, 6) is -0.0368. The molecule has 1 aromatic carbocycles. The van der Waals surface area contributed by atoms with Crippen molar-refractivity contribution in [1.82, 2.24) is 10.3 Å². The number of hydrogen-bond acceptors (Lipinski definition) is 4. The van der Waals surface area contributed by atoms with E-state index in [1.807, 2.05) is 39.0 Å². The van der Waals surface area contributed by atoms with Gasteiger partial charge in [0.25, 0.3) is 0 Å². The van der Waals surface area contributed by atoms with E-state index in [4.69, 9.17) is 4.74 Å². The quantitative estimate of drug-likeness (QED) is 0.859. The first-order chi connectivity index (χ1) is 10.0. The first-order valence-electron chi connectivity index (χ1n) is 7.18. The van der Waals surface area contributed by atoms with Crippen LogP contribution in [0.1, 0.15) is 25.1 Å². The zero-order valence-electron chi connectivity index (χ0n) is 13.0. The topological polar surface area (TPSA) is 51.2 Å². The van der Waals surface area contributed by atoms with Crippen molar-refractivity contribution in [3.8, 4) is 0 Å². The first-order valence-corrected chi connectivity index (χ1v) is 7.18. The van der Waals surface area contributed by atoms with Gasteiger partial charge < -0.3 is 10.1 Å². The minimum Gasteiger partial charge on any atom is -0.468 e. The largest absolute Gasteiger partial charge is 0.468 e. The number of aryl methyl sites for hydroxylation is 1. The number of hydrogen-bond donors (Lipinski definition) is 1. The van der Waals surface area contributed by atoms with E-state index in [9.17, 15) is 4.79 Å². The van der Waals surface area contributed by atoms with Crippen molar-refractivity contribution in [2.45, 2.75) is 33.4 Å². The molecule has 112 valence electrons. The van der Waals surface area contributed by atoms with Crippen LogP contribution in [0.25, 0.3) is 10.9 Å². The van der Waals surface area contributed by atoms with Gasteiger partial charge in [0.15, 0.2) is 0 Å². The lowest BCUT2D eigenvalue weighted by atomic mass is 10.0. The molecule has 0 saturated carbocycles. The number of rotatable bonds is 5. The molecule has 0 saturated heterocycles. The molecule has 4 nitrogen and oxygen atoms in total. The lowest BCUT2D eigenvalue weighted by Gasteiger charge is -2.20. The summed E-state index contributed by atoms with van der Waals surface area (Å²) in [5, 5.41) is 4.38. The number of esters is 1. The van der Waals surface area contributed by atoms with Crippen LogP contribution in [0.4, 0.5) is 0 Å². The van der Waals surface area contributed by atoms with Crippen molar-refractivity contribution < 1.29 is 9.53 Å². The van der Waals surface area contributed by atoms with Crippen LogP contribution in [-0.2, 0) is 16.1 Å². The van der Waals surface area contributed by atoms with E-state index in [1.165, 1.54) is 7.11 Å². The van der Waals surface area contributed by atoms with Crippen LogP contribution in [0.2, 0.25) is 0 Å². The Bertz CT molecular complexity index is 638. The van der Waals surface area contributed by atoms with Crippen molar-refractivity contribution in [3.05, 3.63) is 41.6 Å². The fraction of sp³-hybridized carbons (Fsp3) is 0.412. The lowest BCUT2D eigenvalue weighted by molar-refractivity contribution is -0.144. The molecule has 0 fully saturated rings. The third-order valence-corrected chi connectivity index (χ3v) is 3.54. The van der Waals surface area contributed by atoms with Gasteiger partial charge in [-0.15, -0.1) is 0 Å². The molecule has 4 heteroatoms. The zero-order valence-corrected chi connectivity index (χ0v) is 13.0. The Morgan fingerprint density at radius 1 is 1.29 bits per heavy atom. The highest BCUT2D eigenvalue weighted by molar-refractivity contribution is 5.79. The Morgan fingerprint density at radius 3 is 2.71 bits per heavy atom. The van der Waals surface area contributed by atoms with Crippen LogP contribution in [0.5, 0.6) is 0 Å². The van der Waals surface area contributed by atoms with Crippen LogP contribution < -0.4 is 5.32 Å². The van der Waals surface area contributed by atoms with Crippen LogP contribution in [-0.4, -0.2) is 24.1 Å². The van der Waals surface area contributed by atoms with E-state index in [0.29, 0.717) is 6.54 Å². The maximum absolute atomic E-state index is 11.7. The van der Waals surface area contributed by atoms with Gasteiger partial charge in [-0.2, -0.15) is 0 Å². The molecular formula is C17H22N2O2. The number of benzene rings is 1. The fourth-order valence-electron chi connectivity index (χ4n) is 2.33. The van der Waals surface area contributed by atoms with Crippen molar-refractivity contribution in [2.75, 3.05) is 7.11 Å². The first kappa shape index (κ1) is 15.4. The van der Waals surface area contributed by atoms with Crippen LogP contribution in [0, 0.1) is 12.8 Å². The molecule has 0 aliphatic rings. The Kier molecular flexibility index (Phi) is 4.91. The summed E-state index contributed by atoms with van der Waals surface area (Å²) in [6.45, 7) is 6.61. The van der Waals surface area contributed by atoms with Gasteiger partial charge >= 0.3 is 5.97 Å². The summed E-state index contributed by atoms with van der Waals surface area (Å²) in [6, 6.07) is 9.94.